The molecule has 3 aromatic rings. The second-order valence-corrected chi connectivity index (χ2v) is 8.48. The molecule has 0 radical (unpaired) electrons. The molecule has 32 heavy (non-hydrogen) atoms. The Bertz CT molecular complexity index is 1060. The first-order valence-corrected chi connectivity index (χ1v) is 11.3. The number of aromatic nitrogens is 2. The van der Waals surface area contributed by atoms with Crippen LogP contribution < -0.4 is 0 Å². The summed E-state index contributed by atoms with van der Waals surface area (Å²) in [6.45, 7) is 6.36. The van der Waals surface area contributed by atoms with Gasteiger partial charge in [-0.3, -0.25) is 9.59 Å². The van der Waals surface area contributed by atoms with Gasteiger partial charge in [-0.15, -0.1) is 0 Å². The summed E-state index contributed by atoms with van der Waals surface area (Å²) in [5.41, 5.74) is 4.68. The van der Waals surface area contributed by atoms with E-state index in [0.29, 0.717) is 38.4 Å². The molecule has 1 aliphatic rings. The van der Waals surface area contributed by atoms with Crippen molar-refractivity contribution in [2.45, 2.75) is 26.7 Å². The summed E-state index contributed by atoms with van der Waals surface area (Å²) in [6.07, 6.45) is 4.73. The normalized spacial score (nSPS) is 16.8. The van der Waals surface area contributed by atoms with Crippen LogP contribution in [0.3, 0.4) is 0 Å². The van der Waals surface area contributed by atoms with Crippen LogP contribution >= 0.6 is 0 Å². The van der Waals surface area contributed by atoms with Crippen molar-refractivity contribution in [1.29, 1.82) is 0 Å². The number of carbonyl (C=O) groups excluding carboxylic acids is 2. The maximum Gasteiger partial charge on any atom is 0.289 e. The van der Waals surface area contributed by atoms with Gasteiger partial charge in [0, 0.05) is 38.6 Å². The fourth-order valence-corrected chi connectivity index (χ4v) is 4.35. The summed E-state index contributed by atoms with van der Waals surface area (Å²) >= 11 is 0. The van der Waals surface area contributed by atoms with Gasteiger partial charge in [-0.1, -0.05) is 61.0 Å². The maximum atomic E-state index is 13.3. The van der Waals surface area contributed by atoms with Crippen molar-refractivity contribution in [3.05, 3.63) is 77.9 Å². The fraction of sp³-hybridized carbons (Fsp3) is 0.346. The Morgan fingerprint density at radius 3 is 2.62 bits per heavy atom. The van der Waals surface area contributed by atoms with Gasteiger partial charge in [-0.25, -0.2) is 4.98 Å². The molecule has 1 aromatic heterocycles. The standard InChI is InChI=1S/C26H30N4O2/c1-3-13-29-14-15-30(26(32)24-27-11-12-28-24)18-23(25(29)31)17-20-7-9-21(10-8-20)22-6-4-5-19(2)16-22/h4-12,16,23H,3,13-15,17-18H2,1-2H3,(H,27,28). The average molecular weight is 431 g/mol. The zero-order valence-electron chi connectivity index (χ0n) is 18.8. The first-order chi connectivity index (χ1) is 15.5. The second kappa shape index (κ2) is 9.81. The number of carbonyl (C=O) groups is 2. The number of hydrogen-bond acceptors (Lipinski definition) is 3. The number of amides is 2. The van der Waals surface area contributed by atoms with Crippen molar-refractivity contribution < 1.29 is 9.59 Å². The lowest BCUT2D eigenvalue weighted by Gasteiger charge is -2.23. The van der Waals surface area contributed by atoms with Gasteiger partial charge in [0.15, 0.2) is 5.82 Å². The van der Waals surface area contributed by atoms with Crippen molar-refractivity contribution in [3.63, 3.8) is 0 Å². The molecule has 2 aromatic carbocycles. The topological polar surface area (TPSA) is 69.3 Å². The number of imidazole rings is 1. The van der Waals surface area contributed by atoms with Gasteiger partial charge in [0.1, 0.15) is 0 Å². The van der Waals surface area contributed by atoms with E-state index < -0.39 is 0 Å². The number of benzene rings is 2. The number of aromatic amines is 1. The average Bonchev–Trinajstić information content (AvgIpc) is 3.30. The molecule has 6 heteroatoms. The van der Waals surface area contributed by atoms with Crippen LogP contribution in [0, 0.1) is 12.8 Å². The Kier molecular flexibility index (Phi) is 6.69. The highest BCUT2D eigenvalue weighted by atomic mass is 16.2. The number of H-pyrrole nitrogens is 1. The highest BCUT2D eigenvalue weighted by molar-refractivity contribution is 5.91. The van der Waals surface area contributed by atoms with Crippen LogP contribution in [-0.2, 0) is 11.2 Å². The van der Waals surface area contributed by atoms with Gasteiger partial charge in [0.05, 0.1) is 5.92 Å². The largest absolute Gasteiger partial charge is 0.341 e. The molecule has 1 aliphatic heterocycles. The molecule has 0 aliphatic carbocycles. The Labute approximate surface area is 189 Å². The van der Waals surface area contributed by atoms with E-state index in [0.717, 1.165) is 17.5 Å². The summed E-state index contributed by atoms with van der Waals surface area (Å²) in [5, 5.41) is 0. The molecule has 4 rings (SSSR count). The Morgan fingerprint density at radius 2 is 1.94 bits per heavy atom. The molecule has 1 saturated heterocycles. The fourth-order valence-electron chi connectivity index (χ4n) is 4.35. The van der Waals surface area contributed by atoms with Crippen LogP contribution in [0.4, 0.5) is 0 Å². The lowest BCUT2D eigenvalue weighted by Crippen LogP contribution is -2.38. The van der Waals surface area contributed by atoms with E-state index in [-0.39, 0.29) is 17.7 Å². The first-order valence-electron chi connectivity index (χ1n) is 11.3. The van der Waals surface area contributed by atoms with E-state index in [9.17, 15) is 9.59 Å². The molecule has 0 bridgehead atoms. The maximum absolute atomic E-state index is 13.3. The van der Waals surface area contributed by atoms with Gasteiger partial charge in [0.2, 0.25) is 5.91 Å². The molecule has 0 spiro atoms. The predicted molar refractivity (Wildman–Crippen MR) is 125 cm³/mol. The smallest absolute Gasteiger partial charge is 0.289 e. The molecule has 1 atom stereocenters. The molecule has 1 N–H and O–H groups in total. The minimum absolute atomic E-state index is 0.129. The minimum Gasteiger partial charge on any atom is -0.341 e. The molecule has 6 nitrogen and oxygen atoms in total. The molecule has 2 heterocycles. The number of nitrogens with one attached hydrogen (secondary N) is 1. The summed E-state index contributed by atoms with van der Waals surface area (Å²) < 4.78 is 0. The summed E-state index contributed by atoms with van der Waals surface area (Å²) in [6, 6.07) is 16.9. The highest BCUT2D eigenvalue weighted by Gasteiger charge is 2.32. The van der Waals surface area contributed by atoms with Crippen LogP contribution in [0.1, 0.15) is 35.1 Å². The third-order valence-corrected chi connectivity index (χ3v) is 6.01. The zero-order chi connectivity index (χ0) is 22.5. The van der Waals surface area contributed by atoms with Gasteiger partial charge in [0.25, 0.3) is 5.91 Å². The molecular formula is C26H30N4O2. The Morgan fingerprint density at radius 1 is 1.12 bits per heavy atom. The number of hydrogen-bond donors (Lipinski definition) is 1. The Hall–Kier alpha value is -3.41. The van der Waals surface area contributed by atoms with Crippen LogP contribution in [0.5, 0.6) is 0 Å². The number of nitrogens with zero attached hydrogens (tertiary/aromatic N) is 3. The van der Waals surface area contributed by atoms with E-state index in [2.05, 4.69) is 72.3 Å². The van der Waals surface area contributed by atoms with E-state index in [1.165, 1.54) is 11.1 Å². The zero-order valence-corrected chi connectivity index (χ0v) is 18.8. The number of aryl methyl sites for hydroxylation is 1. The SMILES string of the molecule is CCCN1CCN(C(=O)c2ncc[nH]2)CC(Cc2ccc(-c3cccc(C)c3)cc2)C1=O. The summed E-state index contributed by atoms with van der Waals surface area (Å²) in [4.78, 5) is 36.9. The van der Waals surface area contributed by atoms with Gasteiger partial charge in [-0.05, 0) is 36.5 Å². The highest BCUT2D eigenvalue weighted by Crippen LogP contribution is 2.23. The predicted octanol–water partition coefficient (Wildman–Crippen LogP) is 3.94. The molecule has 2 amide bonds. The van der Waals surface area contributed by atoms with Gasteiger partial charge >= 0.3 is 0 Å². The van der Waals surface area contributed by atoms with E-state index in [1.807, 2.05) is 4.90 Å². The van der Waals surface area contributed by atoms with Crippen molar-refractivity contribution in [3.8, 4) is 11.1 Å². The lowest BCUT2D eigenvalue weighted by molar-refractivity contribution is -0.134. The molecular weight excluding hydrogens is 400 g/mol. The number of rotatable bonds is 6. The van der Waals surface area contributed by atoms with Crippen molar-refractivity contribution in [2.75, 3.05) is 26.2 Å². The molecule has 1 unspecified atom stereocenters. The van der Waals surface area contributed by atoms with E-state index in [1.54, 1.807) is 17.3 Å². The summed E-state index contributed by atoms with van der Waals surface area (Å²) in [5.74, 6) is 0.0285. The van der Waals surface area contributed by atoms with Crippen molar-refractivity contribution >= 4 is 11.8 Å². The van der Waals surface area contributed by atoms with E-state index >= 15 is 0 Å². The summed E-state index contributed by atoms with van der Waals surface area (Å²) in [7, 11) is 0. The van der Waals surface area contributed by atoms with Crippen LogP contribution in [-0.4, -0.2) is 57.8 Å². The van der Waals surface area contributed by atoms with Crippen LogP contribution in [0.2, 0.25) is 0 Å². The van der Waals surface area contributed by atoms with Crippen LogP contribution in [0.15, 0.2) is 60.9 Å². The quantitative estimate of drug-likeness (QED) is 0.644. The van der Waals surface area contributed by atoms with Crippen LogP contribution in [0.25, 0.3) is 11.1 Å². The molecule has 1 fully saturated rings. The minimum atomic E-state index is -0.271. The Balaban J connectivity index is 1.53. The third-order valence-electron chi connectivity index (χ3n) is 6.01. The van der Waals surface area contributed by atoms with Crippen molar-refractivity contribution in [1.82, 2.24) is 19.8 Å². The first kappa shape index (κ1) is 21.8. The molecule has 166 valence electrons. The van der Waals surface area contributed by atoms with Gasteiger partial charge in [-0.2, -0.15) is 0 Å². The monoisotopic (exact) mass is 430 g/mol. The molecule has 0 saturated carbocycles. The lowest BCUT2D eigenvalue weighted by atomic mass is 9.95. The van der Waals surface area contributed by atoms with Gasteiger partial charge < -0.3 is 14.8 Å². The third kappa shape index (κ3) is 4.90. The van der Waals surface area contributed by atoms with E-state index in [4.69, 9.17) is 0 Å². The second-order valence-electron chi connectivity index (χ2n) is 8.48. The van der Waals surface area contributed by atoms with Crippen molar-refractivity contribution in [2.24, 2.45) is 5.92 Å².